The monoisotopic (exact) mass is 239 g/mol. The number of hydrogen-bond acceptors (Lipinski definition) is 3. The van der Waals surface area contributed by atoms with Crippen LogP contribution in [0.5, 0.6) is 0 Å². The Balaban J connectivity index is 2.40. The fourth-order valence-corrected chi connectivity index (χ4v) is 1.65. The summed E-state index contributed by atoms with van der Waals surface area (Å²) in [6.45, 7) is 11.9. The van der Waals surface area contributed by atoms with Crippen LogP contribution in [-0.4, -0.2) is 29.0 Å². The molecule has 0 saturated heterocycles. The molecular formula is C13H25N3O. The first-order chi connectivity index (χ1) is 8.17. The molecule has 0 saturated carbocycles. The maximum Gasteiger partial charge on any atom is 0.0622 e. The molecule has 1 heterocycles. The van der Waals surface area contributed by atoms with Gasteiger partial charge in [-0.05, 0) is 19.8 Å². The Morgan fingerprint density at radius 1 is 1.41 bits per heavy atom. The Morgan fingerprint density at radius 2 is 2.18 bits per heavy atom. The highest BCUT2D eigenvalue weighted by atomic mass is 16.5. The van der Waals surface area contributed by atoms with E-state index in [2.05, 4.69) is 37.4 Å². The van der Waals surface area contributed by atoms with Crippen molar-refractivity contribution < 1.29 is 4.74 Å². The van der Waals surface area contributed by atoms with Crippen LogP contribution >= 0.6 is 0 Å². The van der Waals surface area contributed by atoms with Crippen molar-refractivity contribution >= 4 is 0 Å². The number of nitrogens with zero attached hydrogens (tertiary/aromatic N) is 2. The van der Waals surface area contributed by atoms with E-state index in [-0.39, 0.29) is 0 Å². The third-order valence-electron chi connectivity index (χ3n) is 2.89. The predicted molar refractivity (Wildman–Crippen MR) is 69.9 cm³/mol. The second-order valence-electron chi connectivity index (χ2n) is 4.60. The van der Waals surface area contributed by atoms with Crippen molar-refractivity contribution in [2.75, 3.05) is 13.2 Å². The average molecular weight is 239 g/mol. The lowest BCUT2D eigenvalue weighted by atomic mass is 10.1. The first kappa shape index (κ1) is 14.2. The van der Waals surface area contributed by atoms with Gasteiger partial charge in [-0.15, -0.1) is 0 Å². The molecule has 1 rings (SSSR count). The van der Waals surface area contributed by atoms with E-state index in [1.807, 2.05) is 17.8 Å². The lowest BCUT2D eigenvalue weighted by Crippen LogP contribution is -2.37. The molecule has 0 amide bonds. The number of aromatic nitrogens is 2. The van der Waals surface area contributed by atoms with Gasteiger partial charge in [-0.2, -0.15) is 5.10 Å². The third-order valence-corrected chi connectivity index (χ3v) is 2.89. The molecule has 17 heavy (non-hydrogen) atoms. The number of ether oxygens (including phenoxy) is 1. The van der Waals surface area contributed by atoms with Gasteiger partial charge in [-0.25, -0.2) is 0 Å². The molecule has 0 aliphatic carbocycles. The van der Waals surface area contributed by atoms with Gasteiger partial charge in [0.1, 0.15) is 0 Å². The van der Waals surface area contributed by atoms with E-state index in [0.717, 1.165) is 26.3 Å². The van der Waals surface area contributed by atoms with Gasteiger partial charge in [0.2, 0.25) is 0 Å². The summed E-state index contributed by atoms with van der Waals surface area (Å²) < 4.78 is 7.44. The largest absolute Gasteiger partial charge is 0.380 e. The van der Waals surface area contributed by atoms with Gasteiger partial charge in [0.15, 0.2) is 0 Å². The molecule has 4 heteroatoms. The van der Waals surface area contributed by atoms with Gasteiger partial charge >= 0.3 is 0 Å². The van der Waals surface area contributed by atoms with E-state index in [1.54, 1.807) is 0 Å². The predicted octanol–water partition coefficient (Wildman–Crippen LogP) is 2.05. The minimum Gasteiger partial charge on any atom is -0.380 e. The van der Waals surface area contributed by atoms with Crippen LogP contribution in [0.4, 0.5) is 0 Å². The van der Waals surface area contributed by atoms with E-state index in [9.17, 15) is 0 Å². The highest BCUT2D eigenvalue weighted by Crippen LogP contribution is 2.05. The van der Waals surface area contributed by atoms with Gasteiger partial charge in [-0.3, -0.25) is 4.68 Å². The van der Waals surface area contributed by atoms with Crippen LogP contribution in [-0.2, 0) is 17.8 Å². The first-order valence-electron chi connectivity index (χ1n) is 6.49. The molecule has 1 aromatic rings. The summed E-state index contributed by atoms with van der Waals surface area (Å²) in [6, 6.07) is 0.403. The lowest BCUT2D eigenvalue weighted by molar-refractivity contribution is 0.108. The van der Waals surface area contributed by atoms with Crippen molar-refractivity contribution in [2.24, 2.45) is 5.92 Å². The summed E-state index contributed by atoms with van der Waals surface area (Å²) in [5, 5.41) is 7.79. The third kappa shape index (κ3) is 4.88. The van der Waals surface area contributed by atoms with Crippen LogP contribution < -0.4 is 5.32 Å². The van der Waals surface area contributed by atoms with Gasteiger partial charge in [-0.1, -0.05) is 13.8 Å². The Kier molecular flexibility index (Phi) is 6.22. The second kappa shape index (κ2) is 7.45. The van der Waals surface area contributed by atoms with Crippen LogP contribution in [0.3, 0.4) is 0 Å². The molecular weight excluding hydrogens is 214 g/mol. The Morgan fingerprint density at radius 3 is 2.71 bits per heavy atom. The number of aryl methyl sites for hydroxylation is 1. The van der Waals surface area contributed by atoms with Crippen LogP contribution in [0.15, 0.2) is 12.4 Å². The molecule has 0 radical (unpaired) electrons. The Bertz CT molecular complexity index is 309. The van der Waals surface area contributed by atoms with Gasteiger partial charge in [0.05, 0.1) is 12.8 Å². The molecule has 0 aromatic carbocycles. The van der Waals surface area contributed by atoms with Gasteiger partial charge in [0, 0.05) is 37.5 Å². The quantitative estimate of drug-likeness (QED) is 0.754. The first-order valence-corrected chi connectivity index (χ1v) is 6.49. The van der Waals surface area contributed by atoms with E-state index in [0.29, 0.717) is 12.0 Å². The summed E-state index contributed by atoms with van der Waals surface area (Å²) in [7, 11) is 0. The topological polar surface area (TPSA) is 39.1 Å². The van der Waals surface area contributed by atoms with E-state index in [1.165, 1.54) is 5.56 Å². The van der Waals surface area contributed by atoms with E-state index < -0.39 is 0 Å². The number of rotatable bonds is 8. The minimum absolute atomic E-state index is 0.403. The molecule has 0 aliphatic heterocycles. The molecule has 1 unspecified atom stereocenters. The van der Waals surface area contributed by atoms with Crippen LogP contribution in [0.2, 0.25) is 0 Å². The summed E-state index contributed by atoms with van der Waals surface area (Å²) in [6.07, 6.45) is 4.01. The van der Waals surface area contributed by atoms with Crippen molar-refractivity contribution in [1.29, 1.82) is 0 Å². The average Bonchev–Trinajstić information content (AvgIpc) is 2.76. The molecule has 0 aliphatic rings. The van der Waals surface area contributed by atoms with Crippen molar-refractivity contribution in [1.82, 2.24) is 15.1 Å². The number of hydrogen-bond donors (Lipinski definition) is 1. The second-order valence-corrected chi connectivity index (χ2v) is 4.60. The van der Waals surface area contributed by atoms with Crippen LogP contribution in [0, 0.1) is 5.92 Å². The summed E-state index contributed by atoms with van der Waals surface area (Å²) in [5.41, 5.74) is 1.23. The Labute approximate surface area is 104 Å². The van der Waals surface area contributed by atoms with Gasteiger partial charge in [0.25, 0.3) is 0 Å². The zero-order valence-corrected chi connectivity index (χ0v) is 11.4. The molecule has 4 nitrogen and oxygen atoms in total. The Hall–Kier alpha value is -0.870. The zero-order chi connectivity index (χ0) is 12.7. The molecule has 0 fully saturated rings. The van der Waals surface area contributed by atoms with Crippen LogP contribution in [0.1, 0.15) is 33.3 Å². The number of nitrogens with one attached hydrogen (secondary N) is 1. The van der Waals surface area contributed by atoms with Crippen molar-refractivity contribution in [3.63, 3.8) is 0 Å². The maximum atomic E-state index is 5.49. The molecule has 0 bridgehead atoms. The van der Waals surface area contributed by atoms with Gasteiger partial charge < -0.3 is 10.1 Å². The SMILES string of the molecule is CCOCC(NCc1cnn(CC)c1)C(C)C. The zero-order valence-electron chi connectivity index (χ0n) is 11.4. The van der Waals surface area contributed by atoms with Crippen molar-refractivity contribution in [3.05, 3.63) is 18.0 Å². The summed E-state index contributed by atoms with van der Waals surface area (Å²) in [4.78, 5) is 0. The van der Waals surface area contributed by atoms with E-state index >= 15 is 0 Å². The fraction of sp³-hybridized carbons (Fsp3) is 0.769. The minimum atomic E-state index is 0.403. The normalized spacial score (nSPS) is 13.2. The molecule has 1 atom stereocenters. The smallest absolute Gasteiger partial charge is 0.0622 e. The standard InChI is InChI=1S/C13H25N3O/c1-5-16-9-12(8-15-16)7-14-13(11(3)4)10-17-6-2/h8-9,11,13-14H,5-7,10H2,1-4H3. The lowest BCUT2D eigenvalue weighted by Gasteiger charge is -2.21. The van der Waals surface area contributed by atoms with Crippen molar-refractivity contribution in [3.8, 4) is 0 Å². The van der Waals surface area contributed by atoms with Crippen LogP contribution in [0.25, 0.3) is 0 Å². The fourth-order valence-electron chi connectivity index (χ4n) is 1.65. The highest BCUT2D eigenvalue weighted by molar-refractivity contribution is 5.03. The molecule has 1 N–H and O–H groups in total. The summed E-state index contributed by atoms with van der Waals surface area (Å²) >= 11 is 0. The maximum absolute atomic E-state index is 5.49. The molecule has 0 spiro atoms. The van der Waals surface area contributed by atoms with Crippen molar-refractivity contribution in [2.45, 2.75) is 46.8 Å². The molecule has 1 aromatic heterocycles. The summed E-state index contributed by atoms with van der Waals surface area (Å²) in [5.74, 6) is 0.572. The molecule has 98 valence electrons. The highest BCUT2D eigenvalue weighted by Gasteiger charge is 2.12. The van der Waals surface area contributed by atoms with E-state index in [4.69, 9.17) is 4.74 Å².